The van der Waals surface area contributed by atoms with Crippen molar-refractivity contribution < 1.29 is 4.79 Å². The van der Waals surface area contributed by atoms with Crippen LogP contribution in [0.15, 0.2) is 0 Å². The zero-order valence-electron chi connectivity index (χ0n) is 10.7. The van der Waals surface area contributed by atoms with Crippen LogP contribution < -0.4 is 0 Å². The molecule has 1 nitrogen and oxygen atoms in total. The highest BCUT2D eigenvalue weighted by molar-refractivity contribution is 5.78. The van der Waals surface area contributed by atoms with Crippen LogP contribution in [0.2, 0.25) is 0 Å². The molecule has 0 saturated heterocycles. The smallest absolute Gasteiger partial charge is 0.132 e. The average molecular weight is 198 g/mol. The van der Waals surface area contributed by atoms with Gasteiger partial charge in [-0.3, -0.25) is 4.79 Å². The minimum Gasteiger partial charge on any atom is -0.300 e. The summed E-state index contributed by atoms with van der Waals surface area (Å²) in [5, 5.41) is 0. The van der Waals surface area contributed by atoms with Crippen molar-refractivity contribution in [3.8, 4) is 0 Å². The summed E-state index contributed by atoms with van der Waals surface area (Å²) in [7, 11) is 0. The average Bonchev–Trinajstić information content (AvgIpc) is 1.94. The van der Waals surface area contributed by atoms with Crippen molar-refractivity contribution >= 4 is 5.78 Å². The molecule has 0 aliphatic heterocycles. The third-order valence-corrected chi connectivity index (χ3v) is 2.31. The molecule has 0 fully saturated rings. The van der Waals surface area contributed by atoms with E-state index in [9.17, 15) is 4.79 Å². The Hall–Kier alpha value is -0.330. The Morgan fingerprint density at radius 3 is 1.29 bits per heavy atom. The topological polar surface area (TPSA) is 17.1 Å². The first-order valence-electron chi connectivity index (χ1n) is 5.62. The number of ketones is 1. The van der Waals surface area contributed by atoms with Gasteiger partial charge in [0, 0.05) is 12.8 Å². The summed E-state index contributed by atoms with van der Waals surface area (Å²) in [6.07, 6.45) is 3.52. The molecular weight excluding hydrogens is 172 g/mol. The molecule has 14 heavy (non-hydrogen) atoms. The Kier molecular flexibility index (Phi) is 4.83. The van der Waals surface area contributed by atoms with Crippen molar-refractivity contribution in [2.45, 2.75) is 67.2 Å². The maximum Gasteiger partial charge on any atom is 0.132 e. The summed E-state index contributed by atoms with van der Waals surface area (Å²) in [5.41, 5.74) is 0.578. The molecule has 0 N–H and O–H groups in total. The standard InChI is InChI=1S/C13H26O/c1-12(2,3)9-7-11(14)8-10-13(4,5)6/h7-10H2,1-6H3. The summed E-state index contributed by atoms with van der Waals surface area (Å²) in [6.45, 7) is 13.1. The van der Waals surface area contributed by atoms with Crippen LogP contribution in [0.25, 0.3) is 0 Å². The predicted octanol–water partition coefficient (Wildman–Crippen LogP) is 4.21. The molecule has 0 unspecified atom stereocenters. The van der Waals surface area contributed by atoms with Crippen molar-refractivity contribution in [2.24, 2.45) is 10.8 Å². The van der Waals surface area contributed by atoms with E-state index in [1.807, 2.05) is 0 Å². The molecule has 0 rings (SSSR count). The van der Waals surface area contributed by atoms with Gasteiger partial charge in [-0.05, 0) is 23.7 Å². The third kappa shape index (κ3) is 9.76. The van der Waals surface area contributed by atoms with Gasteiger partial charge in [-0.15, -0.1) is 0 Å². The number of rotatable bonds is 4. The Labute approximate surface area is 89.3 Å². The summed E-state index contributed by atoms with van der Waals surface area (Å²) < 4.78 is 0. The lowest BCUT2D eigenvalue weighted by Gasteiger charge is -2.19. The fourth-order valence-electron chi connectivity index (χ4n) is 1.15. The largest absolute Gasteiger partial charge is 0.300 e. The molecule has 1 heteroatoms. The van der Waals surface area contributed by atoms with Crippen molar-refractivity contribution in [2.75, 3.05) is 0 Å². The number of hydrogen-bond donors (Lipinski definition) is 0. The predicted molar refractivity (Wildman–Crippen MR) is 62.4 cm³/mol. The van der Waals surface area contributed by atoms with E-state index in [0.29, 0.717) is 5.78 Å². The number of carbonyl (C=O) groups is 1. The van der Waals surface area contributed by atoms with Crippen LogP contribution >= 0.6 is 0 Å². The molecule has 0 aliphatic carbocycles. The Morgan fingerprint density at radius 1 is 0.786 bits per heavy atom. The van der Waals surface area contributed by atoms with Crippen LogP contribution in [0, 0.1) is 10.8 Å². The van der Waals surface area contributed by atoms with Crippen LogP contribution in [0.3, 0.4) is 0 Å². The molecule has 0 heterocycles. The minimum absolute atomic E-state index is 0.289. The maximum atomic E-state index is 11.5. The highest BCUT2D eigenvalue weighted by Gasteiger charge is 2.15. The summed E-state index contributed by atoms with van der Waals surface area (Å²) in [5.74, 6) is 0.426. The second kappa shape index (κ2) is 4.95. The maximum absolute atomic E-state index is 11.5. The molecule has 0 spiro atoms. The molecule has 0 radical (unpaired) electrons. The van der Waals surface area contributed by atoms with E-state index in [1.54, 1.807) is 0 Å². The highest BCUT2D eigenvalue weighted by atomic mass is 16.1. The van der Waals surface area contributed by atoms with Gasteiger partial charge in [-0.1, -0.05) is 41.5 Å². The molecule has 0 bridgehead atoms. The SMILES string of the molecule is CC(C)(C)CCC(=O)CCC(C)(C)C. The second-order valence-electron chi connectivity index (χ2n) is 6.66. The van der Waals surface area contributed by atoms with Gasteiger partial charge in [0.25, 0.3) is 0 Å². The van der Waals surface area contributed by atoms with Crippen molar-refractivity contribution in [1.29, 1.82) is 0 Å². The summed E-state index contributed by atoms with van der Waals surface area (Å²) in [4.78, 5) is 11.5. The molecule has 0 amide bonds. The van der Waals surface area contributed by atoms with E-state index in [0.717, 1.165) is 25.7 Å². The monoisotopic (exact) mass is 198 g/mol. The Balaban J connectivity index is 3.68. The highest BCUT2D eigenvalue weighted by Crippen LogP contribution is 2.24. The van der Waals surface area contributed by atoms with E-state index in [-0.39, 0.29) is 10.8 Å². The Morgan fingerprint density at radius 2 is 1.07 bits per heavy atom. The normalized spacial score (nSPS) is 13.0. The van der Waals surface area contributed by atoms with E-state index in [2.05, 4.69) is 41.5 Å². The molecular formula is C13H26O. The van der Waals surface area contributed by atoms with Crippen molar-refractivity contribution in [3.63, 3.8) is 0 Å². The minimum atomic E-state index is 0.289. The molecule has 0 aromatic rings. The van der Waals surface area contributed by atoms with Gasteiger partial charge in [-0.2, -0.15) is 0 Å². The first-order valence-corrected chi connectivity index (χ1v) is 5.62. The van der Waals surface area contributed by atoms with Gasteiger partial charge in [-0.25, -0.2) is 0 Å². The van der Waals surface area contributed by atoms with Crippen LogP contribution in [0.5, 0.6) is 0 Å². The van der Waals surface area contributed by atoms with Crippen molar-refractivity contribution in [1.82, 2.24) is 0 Å². The van der Waals surface area contributed by atoms with Crippen LogP contribution in [-0.4, -0.2) is 5.78 Å². The number of Topliss-reactive ketones (excluding diaryl/α,β-unsaturated/α-hetero) is 1. The Bertz CT molecular complexity index is 158. The number of carbonyl (C=O) groups excluding carboxylic acids is 1. The van der Waals surface area contributed by atoms with E-state index in [4.69, 9.17) is 0 Å². The molecule has 0 saturated carbocycles. The van der Waals surface area contributed by atoms with Gasteiger partial charge < -0.3 is 0 Å². The molecule has 84 valence electrons. The van der Waals surface area contributed by atoms with Gasteiger partial charge in [0.15, 0.2) is 0 Å². The molecule has 0 aromatic carbocycles. The fraction of sp³-hybridized carbons (Fsp3) is 0.923. The van der Waals surface area contributed by atoms with Crippen LogP contribution in [-0.2, 0) is 4.79 Å². The van der Waals surface area contributed by atoms with E-state index >= 15 is 0 Å². The van der Waals surface area contributed by atoms with Gasteiger partial charge in [0.2, 0.25) is 0 Å². The summed E-state index contributed by atoms with van der Waals surface area (Å²) >= 11 is 0. The first kappa shape index (κ1) is 13.7. The fourth-order valence-corrected chi connectivity index (χ4v) is 1.15. The van der Waals surface area contributed by atoms with Crippen LogP contribution in [0.4, 0.5) is 0 Å². The lowest BCUT2D eigenvalue weighted by Crippen LogP contribution is -2.12. The summed E-state index contributed by atoms with van der Waals surface area (Å²) in [6, 6.07) is 0. The van der Waals surface area contributed by atoms with Crippen LogP contribution in [0.1, 0.15) is 67.2 Å². The molecule has 0 atom stereocenters. The zero-order valence-corrected chi connectivity index (χ0v) is 10.7. The van der Waals surface area contributed by atoms with E-state index in [1.165, 1.54) is 0 Å². The third-order valence-electron chi connectivity index (χ3n) is 2.31. The van der Waals surface area contributed by atoms with E-state index < -0.39 is 0 Å². The lowest BCUT2D eigenvalue weighted by atomic mass is 9.86. The quantitative estimate of drug-likeness (QED) is 0.661. The van der Waals surface area contributed by atoms with Crippen molar-refractivity contribution in [3.05, 3.63) is 0 Å². The lowest BCUT2D eigenvalue weighted by molar-refractivity contribution is -0.120. The van der Waals surface area contributed by atoms with Gasteiger partial charge in [0.05, 0.1) is 0 Å². The second-order valence-corrected chi connectivity index (χ2v) is 6.66. The van der Waals surface area contributed by atoms with Gasteiger partial charge >= 0.3 is 0 Å². The number of hydrogen-bond acceptors (Lipinski definition) is 1. The molecule has 0 aliphatic rings. The zero-order chi connectivity index (χ0) is 11.4. The first-order chi connectivity index (χ1) is 6.10. The molecule has 0 aromatic heterocycles. The van der Waals surface area contributed by atoms with Gasteiger partial charge in [0.1, 0.15) is 5.78 Å².